The van der Waals surface area contributed by atoms with Gasteiger partial charge in [-0.1, -0.05) is 12.8 Å². The highest BCUT2D eigenvalue weighted by Crippen LogP contribution is 2.23. The van der Waals surface area contributed by atoms with Crippen LogP contribution >= 0.6 is 0 Å². The van der Waals surface area contributed by atoms with Gasteiger partial charge in [-0.2, -0.15) is 0 Å². The van der Waals surface area contributed by atoms with Crippen molar-refractivity contribution in [2.45, 2.75) is 38.2 Å². The van der Waals surface area contributed by atoms with E-state index in [2.05, 4.69) is 4.74 Å². The second-order valence-electron chi connectivity index (χ2n) is 3.39. The summed E-state index contributed by atoms with van der Waals surface area (Å²) in [5.41, 5.74) is 0. The summed E-state index contributed by atoms with van der Waals surface area (Å²) in [6.45, 7) is 0. The van der Waals surface area contributed by atoms with Crippen LogP contribution in [0.2, 0.25) is 0 Å². The normalized spacial score (nSPS) is 30.8. The maximum absolute atomic E-state index is 11.1. The van der Waals surface area contributed by atoms with E-state index in [-0.39, 0.29) is 18.0 Å². The van der Waals surface area contributed by atoms with Crippen molar-refractivity contribution in [2.24, 2.45) is 5.92 Å². The molecule has 3 heteroatoms. The van der Waals surface area contributed by atoms with E-state index in [9.17, 15) is 9.90 Å². The van der Waals surface area contributed by atoms with Gasteiger partial charge in [-0.15, -0.1) is 0 Å². The highest BCUT2D eigenvalue weighted by atomic mass is 16.5. The number of ether oxygens (including phenoxy) is 1. The summed E-state index contributed by atoms with van der Waals surface area (Å²) in [4.78, 5) is 11.1. The Balaban J connectivity index is 2.46. The van der Waals surface area contributed by atoms with Gasteiger partial charge < -0.3 is 9.84 Å². The molecule has 2 unspecified atom stereocenters. The molecule has 0 aromatic rings. The molecule has 1 fully saturated rings. The molecule has 0 radical (unpaired) electrons. The lowest BCUT2D eigenvalue weighted by Gasteiger charge is -2.13. The number of methoxy groups -OCH3 is 1. The minimum Gasteiger partial charge on any atom is -0.469 e. The van der Waals surface area contributed by atoms with Gasteiger partial charge in [0.05, 0.1) is 19.1 Å². The van der Waals surface area contributed by atoms with Crippen LogP contribution in [-0.2, 0) is 9.53 Å². The van der Waals surface area contributed by atoms with E-state index in [1.165, 1.54) is 7.11 Å². The number of rotatable bonds is 1. The molecule has 0 amide bonds. The summed E-state index contributed by atoms with van der Waals surface area (Å²) in [6, 6.07) is 0. The van der Waals surface area contributed by atoms with Crippen molar-refractivity contribution < 1.29 is 14.6 Å². The van der Waals surface area contributed by atoms with E-state index in [0.717, 1.165) is 25.7 Å². The van der Waals surface area contributed by atoms with Crippen LogP contribution < -0.4 is 0 Å². The van der Waals surface area contributed by atoms with Crippen molar-refractivity contribution in [2.75, 3.05) is 7.11 Å². The number of hydrogen-bond acceptors (Lipinski definition) is 3. The quantitative estimate of drug-likeness (QED) is 0.476. The Morgan fingerprint density at radius 3 is 2.75 bits per heavy atom. The molecule has 1 rings (SSSR count). The monoisotopic (exact) mass is 172 g/mol. The number of aliphatic hydroxyl groups is 1. The Morgan fingerprint density at radius 1 is 1.42 bits per heavy atom. The number of hydrogen-bond donors (Lipinski definition) is 1. The van der Waals surface area contributed by atoms with Crippen LogP contribution in [0.1, 0.15) is 32.1 Å². The maximum Gasteiger partial charge on any atom is 0.308 e. The topological polar surface area (TPSA) is 46.5 Å². The molecule has 0 aromatic carbocycles. The molecule has 1 aliphatic carbocycles. The van der Waals surface area contributed by atoms with E-state index < -0.39 is 0 Å². The molecule has 1 N–H and O–H groups in total. The van der Waals surface area contributed by atoms with Crippen LogP contribution in [0.5, 0.6) is 0 Å². The third kappa shape index (κ3) is 2.48. The molecule has 0 aromatic heterocycles. The Bertz CT molecular complexity index is 156. The van der Waals surface area contributed by atoms with E-state index in [0.29, 0.717) is 6.42 Å². The van der Waals surface area contributed by atoms with Gasteiger partial charge in [0.2, 0.25) is 0 Å². The fourth-order valence-electron chi connectivity index (χ4n) is 1.72. The van der Waals surface area contributed by atoms with Crippen molar-refractivity contribution >= 4 is 5.97 Å². The fraction of sp³-hybridized carbons (Fsp3) is 0.889. The van der Waals surface area contributed by atoms with Crippen LogP contribution in [0.15, 0.2) is 0 Å². The first-order valence-corrected chi connectivity index (χ1v) is 4.50. The predicted molar refractivity (Wildman–Crippen MR) is 44.6 cm³/mol. The highest BCUT2D eigenvalue weighted by Gasteiger charge is 2.24. The zero-order valence-electron chi connectivity index (χ0n) is 7.45. The van der Waals surface area contributed by atoms with Gasteiger partial charge in [0.25, 0.3) is 0 Å². The molecule has 0 heterocycles. The van der Waals surface area contributed by atoms with E-state index >= 15 is 0 Å². The smallest absolute Gasteiger partial charge is 0.308 e. The zero-order chi connectivity index (χ0) is 8.97. The highest BCUT2D eigenvalue weighted by molar-refractivity contribution is 5.72. The summed E-state index contributed by atoms with van der Waals surface area (Å²) < 4.78 is 4.64. The Hall–Kier alpha value is -0.570. The fourth-order valence-corrected chi connectivity index (χ4v) is 1.72. The maximum atomic E-state index is 11.1. The summed E-state index contributed by atoms with van der Waals surface area (Å²) in [7, 11) is 1.40. The molecular weight excluding hydrogens is 156 g/mol. The molecule has 12 heavy (non-hydrogen) atoms. The standard InChI is InChI=1S/C9H16O3/c1-12-9(11)7-4-2-3-5-8(10)6-7/h7-8,10H,2-6H2,1H3. The average molecular weight is 172 g/mol. The van der Waals surface area contributed by atoms with Gasteiger partial charge in [0.1, 0.15) is 0 Å². The van der Waals surface area contributed by atoms with Crippen molar-refractivity contribution in [1.29, 1.82) is 0 Å². The summed E-state index contributed by atoms with van der Waals surface area (Å²) >= 11 is 0. The first kappa shape index (κ1) is 9.52. The molecule has 0 spiro atoms. The van der Waals surface area contributed by atoms with Crippen molar-refractivity contribution in [1.82, 2.24) is 0 Å². The van der Waals surface area contributed by atoms with Crippen LogP contribution in [0.25, 0.3) is 0 Å². The first-order chi connectivity index (χ1) is 5.74. The number of carbonyl (C=O) groups is 1. The third-order valence-electron chi connectivity index (χ3n) is 2.43. The number of aliphatic hydroxyl groups excluding tert-OH is 1. The Labute approximate surface area is 72.7 Å². The molecule has 70 valence electrons. The van der Waals surface area contributed by atoms with Crippen LogP contribution in [0.4, 0.5) is 0 Å². The molecule has 3 nitrogen and oxygen atoms in total. The molecule has 0 saturated heterocycles. The molecule has 1 saturated carbocycles. The average Bonchev–Trinajstić information content (AvgIpc) is 2.28. The van der Waals surface area contributed by atoms with E-state index in [4.69, 9.17) is 0 Å². The van der Waals surface area contributed by atoms with Crippen LogP contribution in [-0.4, -0.2) is 24.3 Å². The minimum absolute atomic E-state index is 0.0764. The summed E-state index contributed by atoms with van der Waals surface area (Å²) in [5, 5.41) is 9.40. The number of carbonyl (C=O) groups excluding carboxylic acids is 1. The summed E-state index contributed by atoms with van der Waals surface area (Å²) in [6.07, 6.45) is 4.01. The van der Waals surface area contributed by atoms with Gasteiger partial charge in [0.15, 0.2) is 0 Å². The molecular formula is C9H16O3. The molecule has 2 atom stereocenters. The van der Waals surface area contributed by atoms with E-state index in [1.807, 2.05) is 0 Å². The third-order valence-corrected chi connectivity index (χ3v) is 2.43. The van der Waals surface area contributed by atoms with Gasteiger partial charge in [-0.25, -0.2) is 0 Å². The Kier molecular flexibility index (Phi) is 3.53. The lowest BCUT2D eigenvalue weighted by Crippen LogP contribution is -2.20. The summed E-state index contributed by atoms with van der Waals surface area (Å²) in [5.74, 6) is -0.247. The lowest BCUT2D eigenvalue weighted by molar-refractivity contribution is -0.146. The lowest BCUT2D eigenvalue weighted by atomic mass is 10.00. The van der Waals surface area contributed by atoms with Crippen molar-refractivity contribution in [3.63, 3.8) is 0 Å². The predicted octanol–water partition coefficient (Wildman–Crippen LogP) is 1.10. The minimum atomic E-state index is -0.309. The van der Waals surface area contributed by atoms with Crippen molar-refractivity contribution in [3.8, 4) is 0 Å². The molecule has 0 aliphatic heterocycles. The SMILES string of the molecule is COC(=O)C1CCCCC(O)C1. The van der Waals surface area contributed by atoms with Gasteiger partial charge >= 0.3 is 5.97 Å². The van der Waals surface area contributed by atoms with Gasteiger partial charge in [-0.3, -0.25) is 4.79 Å². The second-order valence-corrected chi connectivity index (χ2v) is 3.39. The largest absolute Gasteiger partial charge is 0.469 e. The van der Waals surface area contributed by atoms with Gasteiger partial charge in [-0.05, 0) is 19.3 Å². The number of esters is 1. The van der Waals surface area contributed by atoms with Crippen molar-refractivity contribution in [3.05, 3.63) is 0 Å². The molecule has 0 bridgehead atoms. The second kappa shape index (κ2) is 4.45. The zero-order valence-corrected chi connectivity index (χ0v) is 7.45. The van der Waals surface area contributed by atoms with Crippen LogP contribution in [0.3, 0.4) is 0 Å². The Morgan fingerprint density at radius 2 is 2.08 bits per heavy atom. The van der Waals surface area contributed by atoms with E-state index in [1.54, 1.807) is 0 Å². The first-order valence-electron chi connectivity index (χ1n) is 4.50. The molecule has 1 aliphatic rings. The van der Waals surface area contributed by atoms with Crippen LogP contribution in [0, 0.1) is 5.92 Å². The van der Waals surface area contributed by atoms with Gasteiger partial charge in [0, 0.05) is 0 Å².